The fraction of sp³-hybridized carbons (Fsp3) is 0. The van der Waals surface area contributed by atoms with Gasteiger partial charge in [0, 0.05) is 5.39 Å². The van der Waals surface area contributed by atoms with Gasteiger partial charge in [-0.2, -0.15) is 8.42 Å². The number of hydrogen-bond donors (Lipinski definition) is 2. The number of nitrogen functional groups attached to an aromatic ring is 1. The van der Waals surface area contributed by atoms with Crippen LogP contribution in [0.1, 0.15) is 0 Å². The maximum atomic E-state index is 10.7. The van der Waals surface area contributed by atoms with Crippen LogP contribution >= 0.6 is 0 Å². The van der Waals surface area contributed by atoms with Crippen molar-refractivity contribution in [3.8, 4) is 5.75 Å². The first-order chi connectivity index (χ1) is 7.47. The highest BCUT2D eigenvalue weighted by molar-refractivity contribution is 7.81. The Kier molecular flexibility index (Phi) is 2.45. The third-order valence-electron chi connectivity index (χ3n) is 2.10. The van der Waals surface area contributed by atoms with Crippen molar-refractivity contribution >= 4 is 26.9 Å². The molecular formula is C10H9NO4S. The van der Waals surface area contributed by atoms with Crippen LogP contribution in [-0.2, 0) is 10.4 Å². The van der Waals surface area contributed by atoms with Crippen molar-refractivity contribution in [3.63, 3.8) is 0 Å². The Morgan fingerprint density at radius 2 is 1.81 bits per heavy atom. The SMILES string of the molecule is Nc1ccc2ccccc2c1OS(=O)(=O)O. The molecule has 16 heavy (non-hydrogen) atoms. The molecule has 0 aliphatic heterocycles. The summed E-state index contributed by atoms with van der Waals surface area (Å²) in [5.74, 6) is -0.0550. The minimum atomic E-state index is -4.57. The molecule has 0 saturated carbocycles. The molecule has 0 fully saturated rings. The molecule has 0 aliphatic rings. The maximum Gasteiger partial charge on any atom is 0.446 e. The van der Waals surface area contributed by atoms with Crippen molar-refractivity contribution in [2.24, 2.45) is 0 Å². The van der Waals surface area contributed by atoms with E-state index in [1.54, 1.807) is 30.3 Å². The van der Waals surface area contributed by atoms with Gasteiger partial charge in [-0.05, 0) is 11.5 Å². The van der Waals surface area contributed by atoms with Crippen molar-refractivity contribution < 1.29 is 17.2 Å². The summed E-state index contributed by atoms with van der Waals surface area (Å²) in [5, 5.41) is 1.30. The van der Waals surface area contributed by atoms with E-state index in [0.29, 0.717) is 5.39 Å². The molecule has 6 heteroatoms. The number of benzene rings is 2. The molecule has 0 radical (unpaired) electrons. The summed E-state index contributed by atoms with van der Waals surface area (Å²) in [6, 6.07) is 10.2. The van der Waals surface area contributed by atoms with Gasteiger partial charge in [0.2, 0.25) is 0 Å². The van der Waals surface area contributed by atoms with Crippen LogP contribution in [0.4, 0.5) is 5.69 Å². The normalized spacial score (nSPS) is 11.6. The van der Waals surface area contributed by atoms with Gasteiger partial charge in [-0.3, -0.25) is 4.55 Å². The highest BCUT2D eigenvalue weighted by atomic mass is 32.3. The predicted molar refractivity (Wildman–Crippen MR) is 60.5 cm³/mol. The lowest BCUT2D eigenvalue weighted by Crippen LogP contribution is -2.08. The van der Waals surface area contributed by atoms with Crippen LogP contribution in [0.3, 0.4) is 0 Å². The summed E-state index contributed by atoms with van der Waals surface area (Å²) in [4.78, 5) is 0. The van der Waals surface area contributed by atoms with Crippen LogP contribution in [0, 0.1) is 0 Å². The first-order valence-electron chi connectivity index (χ1n) is 4.41. The first-order valence-corrected chi connectivity index (χ1v) is 5.78. The minimum Gasteiger partial charge on any atom is -0.396 e. The van der Waals surface area contributed by atoms with Gasteiger partial charge in [-0.25, -0.2) is 0 Å². The third kappa shape index (κ3) is 2.07. The molecule has 2 aromatic rings. The van der Waals surface area contributed by atoms with Gasteiger partial charge in [0.05, 0.1) is 5.69 Å². The van der Waals surface area contributed by atoms with Crippen LogP contribution in [-0.4, -0.2) is 13.0 Å². The lowest BCUT2D eigenvalue weighted by Gasteiger charge is -2.08. The number of fused-ring (bicyclic) bond motifs is 1. The van der Waals surface area contributed by atoms with Crippen LogP contribution in [0.15, 0.2) is 36.4 Å². The van der Waals surface area contributed by atoms with Gasteiger partial charge in [-0.15, -0.1) is 0 Å². The van der Waals surface area contributed by atoms with Crippen molar-refractivity contribution in [1.82, 2.24) is 0 Å². The van der Waals surface area contributed by atoms with E-state index in [1.807, 2.05) is 0 Å². The number of nitrogens with two attached hydrogens (primary N) is 1. The monoisotopic (exact) mass is 239 g/mol. The zero-order valence-corrected chi connectivity index (χ0v) is 8.94. The smallest absolute Gasteiger partial charge is 0.396 e. The molecule has 0 aliphatic carbocycles. The molecule has 0 unspecified atom stereocenters. The van der Waals surface area contributed by atoms with Gasteiger partial charge < -0.3 is 9.92 Å². The minimum absolute atomic E-state index is 0.0550. The van der Waals surface area contributed by atoms with Gasteiger partial charge in [0.25, 0.3) is 0 Å². The highest BCUT2D eigenvalue weighted by Crippen LogP contribution is 2.32. The summed E-state index contributed by atoms with van der Waals surface area (Å²) in [6.45, 7) is 0. The zero-order chi connectivity index (χ0) is 11.8. The topological polar surface area (TPSA) is 89.6 Å². The van der Waals surface area contributed by atoms with Crippen molar-refractivity contribution in [2.75, 3.05) is 5.73 Å². The lowest BCUT2D eigenvalue weighted by molar-refractivity contribution is 0.389. The largest absolute Gasteiger partial charge is 0.446 e. The molecule has 0 aromatic heterocycles. The molecular weight excluding hydrogens is 230 g/mol. The summed E-state index contributed by atoms with van der Waals surface area (Å²) in [5.41, 5.74) is 5.74. The summed E-state index contributed by atoms with van der Waals surface area (Å²) in [7, 11) is -4.57. The van der Waals surface area contributed by atoms with Gasteiger partial charge in [0.15, 0.2) is 5.75 Å². The average Bonchev–Trinajstić information content (AvgIpc) is 2.21. The second-order valence-corrected chi connectivity index (χ2v) is 4.24. The highest BCUT2D eigenvalue weighted by Gasteiger charge is 2.13. The summed E-state index contributed by atoms with van der Waals surface area (Å²) < 4.78 is 34.4. The summed E-state index contributed by atoms with van der Waals surface area (Å²) in [6.07, 6.45) is 0. The van der Waals surface area contributed by atoms with Crippen molar-refractivity contribution in [3.05, 3.63) is 36.4 Å². The lowest BCUT2D eigenvalue weighted by atomic mass is 10.1. The quantitative estimate of drug-likeness (QED) is 0.613. The number of hydrogen-bond acceptors (Lipinski definition) is 4. The van der Waals surface area contributed by atoms with E-state index in [-0.39, 0.29) is 11.4 Å². The fourth-order valence-electron chi connectivity index (χ4n) is 1.46. The second kappa shape index (κ2) is 3.66. The third-order valence-corrected chi connectivity index (χ3v) is 2.48. The van der Waals surface area contributed by atoms with Crippen molar-refractivity contribution in [2.45, 2.75) is 0 Å². The molecule has 0 bridgehead atoms. The van der Waals surface area contributed by atoms with Crippen LogP contribution in [0.2, 0.25) is 0 Å². The van der Waals surface area contributed by atoms with E-state index in [4.69, 9.17) is 10.3 Å². The predicted octanol–water partition coefficient (Wildman–Crippen LogP) is 1.60. The molecule has 5 nitrogen and oxygen atoms in total. The van der Waals surface area contributed by atoms with Crippen LogP contribution in [0.25, 0.3) is 10.8 Å². The Bertz CT molecular complexity index is 636. The Morgan fingerprint density at radius 3 is 2.50 bits per heavy atom. The standard InChI is InChI=1S/C10H9NO4S/c11-9-6-5-7-3-1-2-4-8(7)10(9)15-16(12,13)14/h1-6H,11H2,(H,12,13,14). The molecule has 3 N–H and O–H groups in total. The van der Waals surface area contributed by atoms with Crippen LogP contribution < -0.4 is 9.92 Å². The average molecular weight is 239 g/mol. The Balaban J connectivity index is 2.71. The summed E-state index contributed by atoms with van der Waals surface area (Å²) >= 11 is 0. The Labute approximate surface area is 92.4 Å². The van der Waals surface area contributed by atoms with Gasteiger partial charge in [0.1, 0.15) is 0 Å². The van der Waals surface area contributed by atoms with E-state index in [1.165, 1.54) is 6.07 Å². The molecule has 2 rings (SSSR count). The molecule has 0 heterocycles. The number of rotatable bonds is 2. The van der Waals surface area contributed by atoms with Crippen molar-refractivity contribution in [1.29, 1.82) is 0 Å². The Hall–Kier alpha value is -1.79. The fourth-order valence-corrected chi connectivity index (χ4v) is 1.85. The number of anilines is 1. The van der Waals surface area contributed by atoms with E-state index in [0.717, 1.165) is 5.39 Å². The van der Waals surface area contributed by atoms with Crippen LogP contribution in [0.5, 0.6) is 5.75 Å². The molecule has 0 spiro atoms. The maximum absolute atomic E-state index is 10.7. The zero-order valence-electron chi connectivity index (χ0n) is 8.12. The van der Waals surface area contributed by atoms with E-state index in [9.17, 15) is 8.42 Å². The van der Waals surface area contributed by atoms with E-state index in [2.05, 4.69) is 4.18 Å². The second-order valence-electron chi connectivity index (χ2n) is 3.22. The molecule has 0 saturated heterocycles. The molecule has 0 amide bonds. The first kappa shape index (κ1) is 10.7. The molecule has 0 atom stereocenters. The van der Waals surface area contributed by atoms with Gasteiger partial charge in [-0.1, -0.05) is 30.3 Å². The molecule has 2 aromatic carbocycles. The van der Waals surface area contributed by atoms with E-state index >= 15 is 0 Å². The Morgan fingerprint density at radius 1 is 1.12 bits per heavy atom. The molecule has 84 valence electrons. The van der Waals surface area contributed by atoms with E-state index < -0.39 is 10.4 Å². The van der Waals surface area contributed by atoms with Gasteiger partial charge >= 0.3 is 10.4 Å².